The molecule has 0 bridgehead atoms. The number of phenolic OH excluding ortho intramolecular Hbond substituents is 1. The first-order chi connectivity index (χ1) is 6.70. The fourth-order valence-corrected chi connectivity index (χ4v) is 2.29. The maximum atomic E-state index is 9.93. The van der Waals surface area contributed by atoms with Crippen molar-refractivity contribution in [3.8, 4) is 5.75 Å². The molecule has 2 N–H and O–H groups in total. The van der Waals surface area contributed by atoms with Crippen LogP contribution in [-0.4, -0.2) is 18.2 Å². The van der Waals surface area contributed by atoms with Gasteiger partial charge in [-0.1, -0.05) is 17.7 Å². The standard InChI is InChI=1S/C11H14ClNO/c1-7-2-3-9(12)10(11(7)14)8-4-5-13-6-8/h2-3,8,13-14H,4-6H2,1H3. The molecule has 1 fully saturated rings. The Balaban J connectivity index is 2.44. The Hall–Kier alpha value is -0.730. The number of rotatable bonds is 1. The minimum Gasteiger partial charge on any atom is -0.507 e. The average molecular weight is 212 g/mol. The largest absolute Gasteiger partial charge is 0.507 e. The molecule has 1 atom stereocenters. The fraction of sp³-hybridized carbons (Fsp3) is 0.455. The van der Waals surface area contributed by atoms with Gasteiger partial charge in [0.05, 0.1) is 0 Å². The van der Waals surface area contributed by atoms with Gasteiger partial charge in [0.25, 0.3) is 0 Å². The molecule has 1 aliphatic rings. The van der Waals surface area contributed by atoms with Crippen molar-refractivity contribution in [2.75, 3.05) is 13.1 Å². The Labute approximate surface area is 88.9 Å². The maximum Gasteiger partial charge on any atom is 0.123 e. The summed E-state index contributed by atoms with van der Waals surface area (Å²) in [7, 11) is 0. The summed E-state index contributed by atoms with van der Waals surface area (Å²) < 4.78 is 0. The molecule has 0 radical (unpaired) electrons. The van der Waals surface area contributed by atoms with Gasteiger partial charge < -0.3 is 10.4 Å². The van der Waals surface area contributed by atoms with Gasteiger partial charge in [-0.05, 0) is 31.5 Å². The van der Waals surface area contributed by atoms with E-state index in [1.165, 1.54) is 0 Å². The second-order valence-electron chi connectivity index (χ2n) is 3.82. The van der Waals surface area contributed by atoms with Gasteiger partial charge in [0, 0.05) is 23.0 Å². The highest BCUT2D eigenvalue weighted by atomic mass is 35.5. The predicted octanol–water partition coefficient (Wildman–Crippen LogP) is 2.43. The number of halogens is 1. The second-order valence-corrected chi connectivity index (χ2v) is 4.22. The van der Waals surface area contributed by atoms with E-state index in [-0.39, 0.29) is 0 Å². The number of hydrogen-bond acceptors (Lipinski definition) is 2. The summed E-state index contributed by atoms with van der Waals surface area (Å²) in [5, 5.41) is 13.9. The van der Waals surface area contributed by atoms with E-state index < -0.39 is 0 Å². The third-order valence-corrected chi connectivity index (χ3v) is 3.16. The third-order valence-electron chi connectivity index (χ3n) is 2.83. The molecule has 2 rings (SSSR count). The molecule has 1 aromatic rings. The van der Waals surface area contributed by atoms with Gasteiger partial charge in [0.1, 0.15) is 5.75 Å². The van der Waals surface area contributed by atoms with Gasteiger partial charge in [0.2, 0.25) is 0 Å². The van der Waals surface area contributed by atoms with Crippen LogP contribution >= 0.6 is 11.6 Å². The Bertz CT molecular complexity index is 345. The molecule has 0 aliphatic carbocycles. The smallest absolute Gasteiger partial charge is 0.123 e. The number of hydrogen-bond donors (Lipinski definition) is 2. The number of nitrogens with one attached hydrogen (secondary N) is 1. The van der Waals surface area contributed by atoms with Gasteiger partial charge >= 0.3 is 0 Å². The highest BCUT2D eigenvalue weighted by molar-refractivity contribution is 6.31. The van der Waals surface area contributed by atoms with Crippen molar-refractivity contribution in [2.24, 2.45) is 0 Å². The lowest BCUT2D eigenvalue weighted by Gasteiger charge is -2.14. The Morgan fingerprint density at radius 2 is 2.29 bits per heavy atom. The molecular weight excluding hydrogens is 198 g/mol. The quantitative estimate of drug-likeness (QED) is 0.748. The molecule has 2 nitrogen and oxygen atoms in total. The summed E-state index contributed by atoms with van der Waals surface area (Å²) >= 11 is 6.09. The van der Waals surface area contributed by atoms with Crippen molar-refractivity contribution < 1.29 is 5.11 Å². The van der Waals surface area contributed by atoms with Crippen molar-refractivity contribution in [3.05, 3.63) is 28.3 Å². The summed E-state index contributed by atoms with van der Waals surface area (Å²) in [4.78, 5) is 0. The monoisotopic (exact) mass is 211 g/mol. The van der Waals surface area contributed by atoms with E-state index in [4.69, 9.17) is 11.6 Å². The second kappa shape index (κ2) is 3.79. The number of aromatic hydroxyl groups is 1. The van der Waals surface area contributed by atoms with E-state index >= 15 is 0 Å². The first-order valence-corrected chi connectivity index (χ1v) is 5.26. The highest BCUT2D eigenvalue weighted by Crippen LogP contribution is 2.37. The van der Waals surface area contributed by atoms with Crippen LogP contribution in [-0.2, 0) is 0 Å². The summed E-state index contributed by atoms with van der Waals surface area (Å²) in [5.74, 6) is 0.730. The Morgan fingerprint density at radius 3 is 2.93 bits per heavy atom. The van der Waals surface area contributed by atoms with Crippen LogP contribution in [0.1, 0.15) is 23.5 Å². The number of benzene rings is 1. The Morgan fingerprint density at radius 1 is 1.50 bits per heavy atom. The number of phenols is 1. The van der Waals surface area contributed by atoms with Crippen LogP contribution in [0.25, 0.3) is 0 Å². The molecule has 0 saturated carbocycles. The molecular formula is C11H14ClNO. The molecule has 3 heteroatoms. The summed E-state index contributed by atoms with van der Waals surface area (Å²) in [5.41, 5.74) is 1.81. The molecule has 1 saturated heterocycles. The van der Waals surface area contributed by atoms with Crippen molar-refractivity contribution in [2.45, 2.75) is 19.3 Å². The van der Waals surface area contributed by atoms with Crippen molar-refractivity contribution in [3.63, 3.8) is 0 Å². The molecule has 1 unspecified atom stereocenters. The highest BCUT2D eigenvalue weighted by Gasteiger charge is 2.22. The van der Waals surface area contributed by atoms with E-state index in [2.05, 4.69) is 5.32 Å². The minimum absolute atomic E-state index is 0.363. The van der Waals surface area contributed by atoms with E-state index in [0.717, 1.165) is 30.6 Å². The summed E-state index contributed by atoms with van der Waals surface area (Å²) in [6.07, 6.45) is 1.05. The first kappa shape index (κ1) is 9.81. The lowest BCUT2D eigenvalue weighted by Crippen LogP contribution is -2.08. The zero-order valence-corrected chi connectivity index (χ0v) is 8.93. The van der Waals surface area contributed by atoms with Crippen LogP contribution < -0.4 is 5.32 Å². The third kappa shape index (κ3) is 1.60. The molecule has 0 spiro atoms. The zero-order valence-electron chi connectivity index (χ0n) is 8.18. The SMILES string of the molecule is Cc1ccc(Cl)c(C2CCNC2)c1O. The van der Waals surface area contributed by atoms with Crippen LogP contribution in [0.15, 0.2) is 12.1 Å². The fourth-order valence-electron chi connectivity index (χ4n) is 1.98. The van der Waals surface area contributed by atoms with Gasteiger partial charge in [-0.15, -0.1) is 0 Å². The van der Waals surface area contributed by atoms with Crippen LogP contribution in [0.4, 0.5) is 0 Å². The lowest BCUT2D eigenvalue weighted by molar-refractivity contribution is 0.458. The van der Waals surface area contributed by atoms with Gasteiger partial charge in [-0.2, -0.15) is 0 Å². The summed E-state index contributed by atoms with van der Waals surface area (Å²) in [6.45, 7) is 3.82. The van der Waals surface area contributed by atoms with E-state index in [9.17, 15) is 5.11 Å². The number of aryl methyl sites for hydroxylation is 1. The molecule has 0 amide bonds. The van der Waals surface area contributed by atoms with Crippen molar-refractivity contribution >= 4 is 11.6 Å². The molecule has 1 aromatic carbocycles. The normalized spacial score (nSPS) is 21.4. The van der Waals surface area contributed by atoms with Crippen LogP contribution in [0.5, 0.6) is 5.75 Å². The van der Waals surface area contributed by atoms with E-state index in [1.54, 1.807) is 0 Å². The first-order valence-electron chi connectivity index (χ1n) is 4.89. The summed E-state index contributed by atoms with van der Waals surface area (Å²) in [6, 6.07) is 3.72. The molecule has 1 heterocycles. The Kier molecular flexibility index (Phi) is 2.66. The molecule has 0 aromatic heterocycles. The molecule has 76 valence electrons. The van der Waals surface area contributed by atoms with Gasteiger partial charge in [-0.25, -0.2) is 0 Å². The van der Waals surface area contributed by atoms with E-state index in [0.29, 0.717) is 16.7 Å². The predicted molar refractivity (Wildman–Crippen MR) is 58.1 cm³/mol. The van der Waals surface area contributed by atoms with Gasteiger partial charge in [-0.3, -0.25) is 0 Å². The molecule has 14 heavy (non-hydrogen) atoms. The van der Waals surface area contributed by atoms with E-state index in [1.807, 2.05) is 19.1 Å². The van der Waals surface area contributed by atoms with Crippen molar-refractivity contribution in [1.82, 2.24) is 5.32 Å². The minimum atomic E-state index is 0.363. The average Bonchev–Trinajstić information content (AvgIpc) is 2.65. The van der Waals surface area contributed by atoms with Crippen LogP contribution in [0.2, 0.25) is 5.02 Å². The maximum absolute atomic E-state index is 9.93. The van der Waals surface area contributed by atoms with Crippen LogP contribution in [0.3, 0.4) is 0 Å². The zero-order chi connectivity index (χ0) is 10.1. The molecule has 1 aliphatic heterocycles. The van der Waals surface area contributed by atoms with Crippen LogP contribution in [0, 0.1) is 6.92 Å². The van der Waals surface area contributed by atoms with Gasteiger partial charge in [0.15, 0.2) is 0 Å². The van der Waals surface area contributed by atoms with Crippen molar-refractivity contribution in [1.29, 1.82) is 0 Å². The topological polar surface area (TPSA) is 32.3 Å². The lowest BCUT2D eigenvalue weighted by atomic mass is 9.95.